The Balaban J connectivity index is 2.06. The van der Waals surface area contributed by atoms with Crippen LogP contribution in [0.2, 0.25) is 0 Å². The Hall–Kier alpha value is -2.24. The average Bonchev–Trinajstić information content (AvgIpc) is 2.75. The molecular weight excluding hydrogens is 232 g/mol. The minimum absolute atomic E-state index is 0.0691. The van der Waals surface area contributed by atoms with Gasteiger partial charge in [-0.25, -0.2) is 15.0 Å². The highest BCUT2D eigenvalue weighted by atomic mass is 16.4. The van der Waals surface area contributed by atoms with Crippen LogP contribution in [-0.4, -0.2) is 20.9 Å². The second-order valence-electron chi connectivity index (χ2n) is 3.98. The smallest absolute Gasteiger partial charge is 0.307 e. The van der Waals surface area contributed by atoms with Gasteiger partial charge >= 0.3 is 5.91 Å². The van der Waals surface area contributed by atoms with E-state index in [0.29, 0.717) is 12.3 Å². The summed E-state index contributed by atoms with van der Waals surface area (Å²) in [7, 11) is 0. The summed E-state index contributed by atoms with van der Waals surface area (Å²) in [4.78, 5) is 23.8. The molecule has 0 atom stereocenters. The Bertz CT molecular complexity index is 557. The largest absolute Gasteiger partial charge is 0.438 e. The van der Waals surface area contributed by atoms with E-state index in [9.17, 15) is 4.79 Å². The van der Waals surface area contributed by atoms with Gasteiger partial charge in [-0.1, -0.05) is 0 Å². The molecule has 0 bridgehead atoms. The van der Waals surface area contributed by atoms with Gasteiger partial charge in [0, 0.05) is 23.5 Å². The Morgan fingerprint density at radius 2 is 1.89 bits per heavy atom. The summed E-state index contributed by atoms with van der Waals surface area (Å²) >= 11 is 0. The van der Waals surface area contributed by atoms with Gasteiger partial charge in [-0.3, -0.25) is 4.79 Å². The second-order valence-corrected chi connectivity index (χ2v) is 3.98. The summed E-state index contributed by atoms with van der Waals surface area (Å²) in [5, 5.41) is 2.74. The summed E-state index contributed by atoms with van der Waals surface area (Å²) in [6, 6.07) is 0. The van der Waals surface area contributed by atoms with Crippen LogP contribution in [0.4, 0.5) is 0 Å². The Labute approximate surface area is 104 Å². The molecule has 6 heteroatoms. The average molecular weight is 246 g/mol. The summed E-state index contributed by atoms with van der Waals surface area (Å²) in [5.74, 6) is 0.334. The first-order valence-corrected chi connectivity index (χ1v) is 5.55. The maximum absolute atomic E-state index is 11.7. The number of oxazole rings is 1. The van der Waals surface area contributed by atoms with Crippen LogP contribution in [0.5, 0.6) is 0 Å². The van der Waals surface area contributed by atoms with Crippen LogP contribution in [0, 0.1) is 20.8 Å². The van der Waals surface area contributed by atoms with Crippen molar-refractivity contribution < 1.29 is 9.21 Å². The molecule has 0 fully saturated rings. The van der Waals surface area contributed by atoms with Crippen LogP contribution in [0.3, 0.4) is 0 Å². The fourth-order valence-electron chi connectivity index (χ4n) is 1.58. The molecule has 0 aliphatic heterocycles. The van der Waals surface area contributed by atoms with Gasteiger partial charge in [0.2, 0.25) is 0 Å². The van der Waals surface area contributed by atoms with E-state index in [1.54, 1.807) is 6.92 Å². The Kier molecular flexibility index (Phi) is 3.36. The van der Waals surface area contributed by atoms with E-state index in [2.05, 4.69) is 20.3 Å². The normalized spacial score (nSPS) is 10.4. The molecule has 2 heterocycles. The highest BCUT2D eigenvalue weighted by Gasteiger charge is 2.13. The molecule has 0 spiro atoms. The zero-order chi connectivity index (χ0) is 13.1. The molecule has 1 amide bonds. The lowest BCUT2D eigenvalue weighted by Gasteiger charge is -2.07. The van der Waals surface area contributed by atoms with E-state index in [-0.39, 0.29) is 11.8 Å². The number of nitrogens with zero attached hydrogens (tertiary/aromatic N) is 3. The van der Waals surface area contributed by atoms with E-state index in [0.717, 1.165) is 17.0 Å². The first-order chi connectivity index (χ1) is 8.58. The number of carbonyl (C=O) groups is 1. The predicted octanol–water partition coefficient (Wildman–Crippen LogP) is 1.32. The van der Waals surface area contributed by atoms with E-state index < -0.39 is 0 Å². The van der Waals surface area contributed by atoms with Crippen molar-refractivity contribution in [1.29, 1.82) is 0 Å². The van der Waals surface area contributed by atoms with Gasteiger partial charge in [-0.15, -0.1) is 0 Å². The minimum Gasteiger partial charge on any atom is -0.438 e. The second kappa shape index (κ2) is 4.95. The molecular formula is C12H14N4O2. The molecule has 2 rings (SSSR count). The summed E-state index contributed by atoms with van der Waals surface area (Å²) in [6.45, 7) is 5.86. The lowest BCUT2D eigenvalue weighted by molar-refractivity contribution is 0.0914. The number of amides is 1. The van der Waals surface area contributed by atoms with Gasteiger partial charge in [-0.2, -0.15) is 0 Å². The molecule has 0 aliphatic rings. The van der Waals surface area contributed by atoms with E-state index in [1.165, 1.54) is 12.5 Å². The number of rotatable bonds is 3. The van der Waals surface area contributed by atoms with Crippen LogP contribution >= 0.6 is 0 Å². The lowest BCUT2D eigenvalue weighted by Crippen LogP contribution is -2.24. The summed E-state index contributed by atoms with van der Waals surface area (Å²) in [6.07, 6.45) is 3.02. The molecule has 0 aliphatic carbocycles. The summed E-state index contributed by atoms with van der Waals surface area (Å²) in [5.41, 5.74) is 2.62. The van der Waals surface area contributed by atoms with Crippen LogP contribution in [0.15, 0.2) is 16.9 Å². The zero-order valence-corrected chi connectivity index (χ0v) is 10.5. The standard InChI is InChI=1S/C12H14N4O2/c1-7-4-14-12(18-7)11(17)13-5-10-8(2)15-6-16-9(10)3/h4,6H,5H2,1-3H3,(H,13,17). The maximum Gasteiger partial charge on any atom is 0.307 e. The Morgan fingerprint density at radius 3 is 2.44 bits per heavy atom. The molecule has 94 valence electrons. The predicted molar refractivity (Wildman–Crippen MR) is 63.9 cm³/mol. The first kappa shape index (κ1) is 12.2. The Morgan fingerprint density at radius 1 is 1.22 bits per heavy atom. The molecule has 2 aromatic rings. The van der Waals surface area contributed by atoms with Crippen molar-refractivity contribution in [1.82, 2.24) is 20.3 Å². The third kappa shape index (κ3) is 2.53. The van der Waals surface area contributed by atoms with Gasteiger partial charge in [0.25, 0.3) is 5.89 Å². The quantitative estimate of drug-likeness (QED) is 0.883. The fraction of sp³-hybridized carbons (Fsp3) is 0.333. The third-order valence-corrected chi connectivity index (χ3v) is 2.62. The molecule has 0 saturated carbocycles. The number of nitrogens with one attached hydrogen (secondary N) is 1. The molecule has 18 heavy (non-hydrogen) atoms. The number of hydrogen-bond acceptors (Lipinski definition) is 5. The van der Waals surface area contributed by atoms with Gasteiger partial charge in [0.05, 0.1) is 6.20 Å². The van der Waals surface area contributed by atoms with Crippen LogP contribution in [0.25, 0.3) is 0 Å². The zero-order valence-electron chi connectivity index (χ0n) is 10.5. The van der Waals surface area contributed by atoms with E-state index >= 15 is 0 Å². The first-order valence-electron chi connectivity index (χ1n) is 5.55. The van der Waals surface area contributed by atoms with Gasteiger partial charge < -0.3 is 9.73 Å². The molecule has 1 N–H and O–H groups in total. The van der Waals surface area contributed by atoms with Gasteiger partial charge in [0.15, 0.2) is 0 Å². The number of hydrogen-bond donors (Lipinski definition) is 1. The fourth-order valence-corrected chi connectivity index (χ4v) is 1.58. The highest BCUT2D eigenvalue weighted by Crippen LogP contribution is 2.08. The van der Waals surface area contributed by atoms with Crippen molar-refractivity contribution in [3.8, 4) is 0 Å². The van der Waals surface area contributed by atoms with Gasteiger partial charge in [-0.05, 0) is 20.8 Å². The number of aryl methyl sites for hydroxylation is 3. The lowest BCUT2D eigenvalue weighted by atomic mass is 10.2. The molecule has 0 saturated heterocycles. The third-order valence-electron chi connectivity index (χ3n) is 2.62. The molecule has 0 aromatic carbocycles. The molecule has 2 aromatic heterocycles. The van der Waals surface area contributed by atoms with Crippen LogP contribution in [0.1, 0.15) is 33.4 Å². The van der Waals surface area contributed by atoms with Crippen molar-refractivity contribution >= 4 is 5.91 Å². The van der Waals surface area contributed by atoms with E-state index in [4.69, 9.17) is 4.42 Å². The molecule has 0 radical (unpaired) electrons. The topological polar surface area (TPSA) is 80.9 Å². The van der Waals surface area contributed by atoms with Crippen molar-refractivity contribution in [3.63, 3.8) is 0 Å². The number of aromatic nitrogens is 3. The van der Waals surface area contributed by atoms with Crippen LogP contribution < -0.4 is 5.32 Å². The van der Waals surface area contributed by atoms with Gasteiger partial charge in [0.1, 0.15) is 12.1 Å². The number of carbonyl (C=O) groups excluding carboxylic acids is 1. The maximum atomic E-state index is 11.7. The SMILES string of the molecule is Cc1cnc(C(=O)NCc2c(C)ncnc2C)o1. The van der Waals surface area contributed by atoms with Crippen molar-refractivity contribution in [2.24, 2.45) is 0 Å². The molecule has 0 unspecified atom stereocenters. The van der Waals surface area contributed by atoms with Crippen molar-refractivity contribution in [3.05, 3.63) is 41.1 Å². The van der Waals surface area contributed by atoms with E-state index in [1.807, 2.05) is 13.8 Å². The summed E-state index contributed by atoms with van der Waals surface area (Å²) < 4.78 is 5.14. The highest BCUT2D eigenvalue weighted by molar-refractivity contribution is 5.89. The van der Waals surface area contributed by atoms with Crippen molar-refractivity contribution in [2.75, 3.05) is 0 Å². The van der Waals surface area contributed by atoms with Crippen molar-refractivity contribution in [2.45, 2.75) is 27.3 Å². The monoisotopic (exact) mass is 246 g/mol. The van der Waals surface area contributed by atoms with Crippen LogP contribution in [-0.2, 0) is 6.54 Å². The molecule has 6 nitrogen and oxygen atoms in total. The minimum atomic E-state index is -0.342.